The van der Waals surface area contributed by atoms with Crippen LogP contribution in [-0.2, 0) is 4.79 Å². The number of carbonyl (C=O) groups is 3. The lowest BCUT2D eigenvalue weighted by Gasteiger charge is -2.09. The number of benzene rings is 1. The molecule has 3 rings (SSSR count). The third-order valence-corrected chi connectivity index (χ3v) is 3.96. The van der Waals surface area contributed by atoms with Crippen molar-refractivity contribution in [2.75, 3.05) is 11.1 Å². The third kappa shape index (κ3) is 2.84. The molecule has 1 aliphatic rings. The van der Waals surface area contributed by atoms with Crippen LogP contribution in [0.25, 0.3) is 0 Å². The van der Waals surface area contributed by atoms with Crippen LogP contribution in [0.1, 0.15) is 20.9 Å². The first-order valence-corrected chi connectivity index (χ1v) is 7.37. The second-order valence-corrected chi connectivity index (χ2v) is 5.49. The summed E-state index contributed by atoms with van der Waals surface area (Å²) in [6.07, 6.45) is 2.39. The van der Waals surface area contributed by atoms with E-state index in [0.29, 0.717) is 5.69 Å². The molecule has 1 aromatic heterocycles. The molecule has 0 atom stereocenters. The van der Waals surface area contributed by atoms with Crippen molar-refractivity contribution in [1.82, 2.24) is 5.16 Å². The van der Waals surface area contributed by atoms with Crippen LogP contribution in [-0.4, -0.2) is 28.4 Å². The van der Waals surface area contributed by atoms with Crippen molar-refractivity contribution in [2.45, 2.75) is 0 Å². The number of hydrogen-bond donors (Lipinski definition) is 1. The SMILES string of the molecule is O=C(CSC1=CC(=O)c2oncc2C1=O)Nc1ccccc1. The van der Waals surface area contributed by atoms with Crippen LogP contribution >= 0.6 is 11.8 Å². The molecule has 0 saturated heterocycles. The highest BCUT2D eigenvalue weighted by Crippen LogP contribution is 2.28. The second-order valence-electron chi connectivity index (χ2n) is 4.47. The number of nitrogens with zero attached hydrogens (tertiary/aromatic N) is 1. The summed E-state index contributed by atoms with van der Waals surface area (Å²) in [5, 5.41) is 6.16. The van der Waals surface area contributed by atoms with Gasteiger partial charge in [0.2, 0.25) is 23.2 Å². The largest absolute Gasteiger partial charge is 0.352 e. The van der Waals surface area contributed by atoms with E-state index in [1.54, 1.807) is 12.1 Å². The number of carbonyl (C=O) groups excluding carboxylic acids is 3. The number of thioether (sulfide) groups is 1. The smallest absolute Gasteiger partial charge is 0.234 e. The zero-order chi connectivity index (χ0) is 15.5. The van der Waals surface area contributed by atoms with Crippen molar-refractivity contribution in [3.63, 3.8) is 0 Å². The maximum Gasteiger partial charge on any atom is 0.234 e. The van der Waals surface area contributed by atoms with Gasteiger partial charge in [0, 0.05) is 11.8 Å². The van der Waals surface area contributed by atoms with Crippen molar-refractivity contribution >= 4 is 34.9 Å². The minimum atomic E-state index is -0.418. The van der Waals surface area contributed by atoms with Gasteiger partial charge in [-0.1, -0.05) is 23.4 Å². The molecule has 0 saturated carbocycles. The fourth-order valence-electron chi connectivity index (χ4n) is 1.93. The molecule has 22 heavy (non-hydrogen) atoms. The van der Waals surface area contributed by atoms with Crippen LogP contribution in [0.5, 0.6) is 0 Å². The summed E-state index contributed by atoms with van der Waals surface area (Å²) >= 11 is 1.01. The van der Waals surface area contributed by atoms with E-state index in [1.165, 1.54) is 12.3 Å². The number of ketones is 2. The predicted molar refractivity (Wildman–Crippen MR) is 80.8 cm³/mol. The number of rotatable bonds is 4. The van der Waals surface area contributed by atoms with E-state index in [2.05, 4.69) is 10.5 Å². The second kappa shape index (κ2) is 5.98. The van der Waals surface area contributed by atoms with Crippen LogP contribution in [0.4, 0.5) is 5.69 Å². The molecule has 7 heteroatoms. The van der Waals surface area contributed by atoms with E-state index >= 15 is 0 Å². The van der Waals surface area contributed by atoms with Crippen LogP contribution < -0.4 is 5.32 Å². The van der Waals surface area contributed by atoms with Gasteiger partial charge in [0.25, 0.3) is 0 Å². The Morgan fingerprint density at radius 2 is 2.00 bits per heavy atom. The van der Waals surface area contributed by atoms with Gasteiger partial charge in [-0.2, -0.15) is 0 Å². The highest BCUT2D eigenvalue weighted by molar-refractivity contribution is 8.04. The summed E-state index contributed by atoms with van der Waals surface area (Å²) in [5.74, 6) is -1.05. The first kappa shape index (κ1) is 14.3. The maximum atomic E-state index is 12.1. The molecule has 0 bridgehead atoms. The fraction of sp³-hybridized carbons (Fsp3) is 0.0667. The number of amides is 1. The first-order chi connectivity index (χ1) is 10.6. The van der Waals surface area contributed by atoms with E-state index in [0.717, 1.165) is 11.8 Å². The fourth-order valence-corrected chi connectivity index (χ4v) is 2.72. The van der Waals surface area contributed by atoms with Crippen molar-refractivity contribution in [1.29, 1.82) is 0 Å². The summed E-state index contributed by atoms with van der Waals surface area (Å²) in [6, 6.07) is 8.99. The zero-order valence-electron chi connectivity index (χ0n) is 11.2. The molecule has 0 radical (unpaired) electrons. The maximum absolute atomic E-state index is 12.1. The molecular formula is C15H10N2O4S. The minimum Gasteiger partial charge on any atom is -0.352 e. The van der Waals surface area contributed by atoms with Crippen molar-refractivity contribution in [3.05, 3.63) is 58.8 Å². The number of anilines is 1. The Morgan fingerprint density at radius 1 is 1.23 bits per heavy atom. The number of fused-ring (bicyclic) bond motifs is 1. The molecule has 1 amide bonds. The van der Waals surface area contributed by atoms with Crippen LogP contribution in [0.15, 0.2) is 52.0 Å². The Morgan fingerprint density at radius 3 is 2.77 bits per heavy atom. The number of hydrogen-bond acceptors (Lipinski definition) is 6. The minimum absolute atomic E-state index is 0.0281. The van der Waals surface area contributed by atoms with E-state index in [-0.39, 0.29) is 33.7 Å². The van der Waals surface area contributed by atoms with E-state index in [4.69, 9.17) is 4.52 Å². The van der Waals surface area contributed by atoms with Gasteiger partial charge in [-0.25, -0.2) is 0 Å². The molecule has 1 heterocycles. The van der Waals surface area contributed by atoms with E-state index < -0.39 is 5.78 Å². The number of aromatic nitrogens is 1. The summed E-state index contributed by atoms with van der Waals surface area (Å²) < 4.78 is 4.74. The van der Waals surface area contributed by atoms with Gasteiger partial charge in [0.15, 0.2) is 0 Å². The Bertz CT molecular complexity index is 780. The van der Waals surface area contributed by atoms with Crippen LogP contribution in [0.3, 0.4) is 0 Å². The molecule has 2 aromatic rings. The van der Waals surface area contributed by atoms with Gasteiger partial charge in [-0.15, -0.1) is 11.8 Å². The summed E-state index contributed by atoms with van der Waals surface area (Å²) in [5.41, 5.74) is 0.813. The molecule has 6 nitrogen and oxygen atoms in total. The summed E-state index contributed by atoms with van der Waals surface area (Å²) in [6.45, 7) is 0. The molecule has 1 N–H and O–H groups in total. The normalized spacial score (nSPS) is 13.5. The third-order valence-electron chi connectivity index (χ3n) is 2.94. The number of Topliss-reactive ketones (excluding diaryl/α,β-unsaturated/α-hetero) is 1. The molecule has 0 fully saturated rings. The number of allylic oxidation sites excluding steroid dienone is 2. The van der Waals surface area contributed by atoms with Gasteiger partial charge < -0.3 is 9.84 Å². The topological polar surface area (TPSA) is 89.3 Å². The molecule has 0 aliphatic heterocycles. The number of para-hydroxylation sites is 1. The highest BCUT2D eigenvalue weighted by atomic mass is 32.2. The molecule has 1 aliphatic carbocycles. The quantitative estimate of drug-likeness (QED) is 0.931. The number of nitrogens with one attached hydrogen (secondary N) is 1. The summed E-state index contributed by atoms with van der Waals surface area (Å²) in [4.78, 5) is 35.9. The molecule has 0 unspecified atom stereocenters. The van der Waals surface area contributed by atoms with Gasteiger partial charge in [-0.05, 0) is 12.1 Å². The van der Waals surface area contributed by atoms with Crippen LogP contribution in [0, 0.1) is 0 Å². The lowest BCUT2D eigenvalue weighted by molar-refractivity contribution is -0.113. The van der Waals surface area contributed by atoms with Gasteiger partial charge in [0.05, 0.1) is 22.4 Å². The summed E-state index contributed by atoms with van der Waals surface area (Å²) in [7, 11) is 0. The Balaban J connectivity index is 1.63. The Hall–Kier alpha value is -2.67. The van der Waals surface area contributed by atoms with Crippen molar-refractivity contribution < 1.29 is 18.9 Å². The van der Waals surface area contributed by atoms with Gasteiger partial charge >= 0.3 is 0 Å². The standard InChI is InChI=1S/C15H10N2O4S/c18-11-6-12(14(20)10-7-16-21-15(10)11)22-8-13(19)17-9-4-2-1-3-5-9/h1-7H,8H2,(H,17,19). The molecule has 0 spiro atoms. The van der Waals surface area contributed by atoms with Crippen molar-refractivity contribution in [2.24, 2.45) is 0 Å². The van der Waals surface area contributed by atoms with Gasteiger partial charge in [0.1, 0.15) is 0 Å². The van der Waals surface area contributed by atoms with Crippen LogP contribution in [0.2, 0.25) is 0 Å². The van der Waals surface area contributed by atoms with E-state index in [1.807, 2.05) is 18.2 Å². The molecule has 110 valence electrons. The van der Waals surface area contributed by atoms with E-state index in [9.17, 15) is 14.4 Å². The lowest BCUT2D eigenvalue weighted by Crippen LogP contribution is -2.17. The Labute approximate surface area is 129 Å². The predicted octanol–water partition coefficient (Wildman–Crippen LogP) is 2.31. The Kier molecular flexibility index (Phi) is 3.88. The average molecular weight is 314 g/mol. The highest BCUT2D eigenvalue weighted by Gasteiger charge is 2.30. The molecule has 1 aromatic carbocycles. The average Bonchev–Trinajstić information content (AvgIpc) is 3.01. The first-order valence-electron chi connectivity index (χ1n) is 6.38. The van der Waals surface area contributed by atoms with Crippen molar-refractivity contribution in [3.8, 4) is 0 Å². The zero-order valence-corrected chi connectivity index (χ0v) is 12.1. The monoisotopic (exact) mass is 314 g/mol. The van der Waals surface area contributed by atoms with Gasteiger partial charge in [-0.3, -0.25) is 14.4 Å². The molecular weight excluding hydrogens is 304 g/mol. The lowest BCUT2D eigenvalue weighted by atomic mass is 10.0.